The zero-order valence-corrected chi connectivity index (χ0v) is 13.4. The minimum atomic E-state index is -0.237. The van der Waals surface area contributed by atoms with Crippen molar-refractivity contribution < 1.29 is 9.59 Å². The molecule has 2 aromatic carbocycles. The number of likely N-dealkylation sites (N-methyl/N-ethyl adjacent to an activating group) is 1. The van der Waals surface area contributed by atoms with E-state index in [-0.39, 0.29) is 11.8 Å². The fourth-order valence-electron chi connectivity index (χ4n) is 2.02. The Balaban J connectivity index is 2.01. The minimum Gasteiger partial charge on any atom is -0.351 e. The molecule has 2 rings (SSSR count). The second kappa shape index (κ2) is 8.10. The number of amides is 2. The minimum absolute atomic E-state index is 0.179. The monoisotopic (exact) mass is 311 g/mol. The van der Waals surface area contributed by atoms with Crippen LogP contribution in [0.4, 0.5) is 5.69 Å². The fourth-order valence-corrected chi connectivity index (χ4v) is 2.02. The van der Waals surface area contributed by atoms with Crippen molar-refractivity contribution in [2.45, 2.75) is 0 Å². The van der Waals surface area contributed by atoms with E-state index in [0.29, 0.717) is 17.7 Å². The Bertz CT molecular complexity index is 669. The number of carbonyl (C=O) groups excluding carboxylic acids is 2. The van der Waals surface area contributed by atoms with Crippen LogP contribution < -0.4 is 10.6 Å². The van der Waals surface area contributed by atoms with Crippen LogP contribution in [0.2, 0.25) is 0 Å². The molecule has 0 aliphatic rings. The van der Waals surface area contributed by atoms with Crippen molar-refractivity contribution in [2.75, 3.05) is 32.5 Å². The van der Waals surface area contributed by atoms with E-state index in [2.05, 4.69) is 10.6 Å². The van der Waals surface area contributed by atoms with Crippen LogP contribution in [0.5, 0.6) is 0 Å². The van der Waals surface area contributed by atoms with Gasteiger partial charge in [-0.2, -0.15) is 0 Å². The third kappa shape index (κ3) is 5.23. The SMILES string of the molecule is CN(C)CCNC(=O)c1cccc(C(=O)Nc2ccccc2)c1. The maximum absolute atomic E-state index is 12.2. The van der Waals surface area contributed by atoms with Crippen molar-refractivity contribution in [3.8, 4) is 0 Å². The van der Waals surface area contributed by atoms with Crippen LogP contribution in [0, 0.1) is 0 Å². The van der Waals surface area contributed by atoms with Gasteiger partial charge in [-0.25, -0.2) is 0 Å². The highest BCUT2D eigenvalue weighted by Gasteiger charge is 2.10. The summed E-state index contributed by atoms with van der Waals surface area (Å²) in [4.78, 5) is 26.3. The maximum atomic E-state index is 12.2. The number of hydrogen-bond acceptors (Lipinski definition) is 3. The topological polar surface area (TPSA) is 61.4 Å². The van der Waals surface area contributed by atoms with Gasteiger partial charge in [0.1, 0.15) is 0 Å². The van der Waals surface area contributed by atoms with Gasteiger partial charge in [-0.05, 0) is 44.4 Å². The summed E-state index contributed by atoms with van der Waals surface area (Å²) >= 11 is 0. The molecule has 2 aromatic rings. The van der Waals surface area contributed by atoms with E-state index in [1.54, 1.807) is 24.3 Å². The Morgan fingerprint density at radius 3 is 2.22 bits per heavy atom. The zero-order valence-electron chi connectivity index (χ0n) is 13.4. The van der Waals surface area contributed by atoms with Gasteiger partial charge < -0.3 is 15.5 Å². The number of anilines is 1. The van der Waals surface area contributed by atoms with E-state index in [9.17, 15) is 9.59 Å². The molecule has 0 unspecified atom stereocenters. The Kier molecular flexibility index (Phi) is 5.88. The lowest BCUT2D eigenvalue weighted by atomic mass is 10.1. The molecule has 23 heavy (non-hydrogen) atoms. The third-order valence-corrected chi connectivity index (χ3v) is 3.26. The van der Waals surface area contributed by atoms with Gasteiger partial charge in [-0.1, -0.05) is 24.3 Å². The van der Waals surface area contributed by atoms with E-state index >= 15 is 0 Å². The smallest absolute Gasteiger partial charge is 0.255 e. The molecule has 5 nitrogen and oxygen atoms in total. The molecule has 0 saturated heterocycles. The molecule has 2 N–H and O–H groups in total. The molecule has 0 fully saturated rings. The molecule has 0 heterocycles. The van der Waals surface area contributed by atoms with E-state index < -0.39 is 0 Å². The molecule has 0 aromatic heterocycles. The molecule has 5 heteroatoms. The highest BCUT2D eigenvalue weighted by atomic mass is 16.2. The first-order valence-corrected chi connectivity index (χ1v) is 7.45. The standard InChI is InChI=1S/C18H21N3O2/c1-21(2)12-11-19-17(22)14-7-6-8-15(13-14)18(23)20-16-9-4-3-5-10-16/h3-10,13H,11-12H2,1-2H3,(H,19,22)(H,20,23). The van der Waals surface area contributed by atoms with Gasteiger partial charge in [-0.3, -0.25) is 9.59 Å². The van der Waals surface area contributed by atoms with Crippen LogP contribution in [-0.4, -0.2) is 43.9 Å². The Labute approximate surface area is 136 Å². The first kappa shape index (κ1) is 16.7. The van der Waals surface area contributed by atoms with Crippen LogP contribution in [-0.2, 0) is 0 Å². The molecule has 0 spiro atoms. The average molecular weight is 311 g/mol. The van der Waals surface area contributed by atoms with Gasteiger partial charge in [-0.15, -0.1) is 0 Å². The number of nitrogens with zero attached hydrogens (tertiary/aromatic N) is 1. The van der Waals surface area contributed by atoms with Crippen LogP contribution in [0.15, 0.2) is 54.6 Å². The molecular formula is C18H21N3O2. The number of hydrogen-bond donors (Lipinski definition) is 2. The third-order valence-electron chi connectivity index (χ3n) is 3.26. The summed E-state index contributed by atoms with van der Waals surface area (Å²) in [5.41, 5.74) is 1.65. The van der Waals surface area contributed by atoms with Crippen molar-refractivity contribution in [2.24, 2.45) is 0 Å². The molecule has 0 bridgehead atoms. The van der Waals surface area contributed by atoms with Crippen LogP contribution in [0.3, 0.4) is 0 Å². The average Bonchev–Trinajstić information content (AvgIpc) is 2.55. The lowest BCUT2D eigenvalue weighted by Gasteiger charge is -2.11. The molecular weight excluding hydrogens is 290 g/mol. The number of para-hydroxylation sites is 1. The Hall–Kier alpha value is -2.66. The molecule has 0 radical (unpaired) electrons. The van der Waals surface area contributed by atoms with Gasteiger partial charge in [0.05, 0.1) is 0 Å². The maximum Gasteiger partial charge on any atom is 0.255 e. The van der Waals surface area contributed by atoms with Crippen molar-refractivity contribution in [1.29, 1.82) is 0 Å². The van der Waals surface area contributed by atoms with E-state index in [1.807, 2.05) is 49.3 Å². The van der Waals surface area contributed by atoms with Gasteiger partial charge in [0.25, 0.3) is 11.8 Å². The van der Waals surface area contributed by atoms with Crippen molar-refractivity contribution in [1.82, 2.24) is 10.2 Å². The van der Waals surface area contributed by atoms with Crippen molar-refractivity contribution in [3.63, 3.8) is 0 Å². The predicted molar refractivity (Wildman–Crippen MR) is 91.7 cm³/mol. The molecule has 0 saturated carbocycles. The van der Waals surface area contributed by atoms with Crippen LogP contribution >= 0.6 is 0 Å². The first-order chi connectivity index (χ1) is 11.1. The molecule has 0 atom stereocenters. The summed E-state index contributed by atoms with van der Waals surface area (Å²) < 4.78 is 0. The molecule has 0 aliphatic carbocycles. The summed E-state index contributed by atoms with van der Waals surface area (Å²) in [6, 6.07) is 15.9. The molecule has 2 amide bonds. The summed E-state index contributed by atoms with van der Waals surface area (Å²) in [6.45, 7) is 1.33. The number of nitrogens with one attached hydrogen (secondary N) is 2. The van der Waals surface area contributed by atoms with E-state index in [0.717, 1.165) is 12.2 Å². The largest absolute Gasteiger partial charge is 0.351 e. The normalized spacial score (nSPS) is 10.4. The van der Waals surface area contributed by atoms with Crippen LogP contribution in [0.1, 0.15) is 20.7 Å². The van der Waals surface area contributed by atoms with Crippen LogP contribution in [0.25, 0.3) is 0 Å². The zero-order chi connectivity index (χ0) is 16.7. The Morgan fingerprint density at radius 2 is 1.57 bits per heavy atom. The number of rotatable bonds is 6. The lowest BCUT2D eigenvalue weighted by molar-refractivity contribution is 0.0951. The summed E-state index contributed by atoms with van der Waals surface area (Å²) in [5, 5.41) is 5.64. The summed E-state index contributed by atoms with van der Waals surface area (Å²) in [6.07, 6.45) is 0. The van der Waals surface area contributed by atoms with E-state index in [1.165, 1.54) is 0 Å². The predicted octanol–water partition coefficient (Wildman–Crippen LogP) is 2.23. The lowest BCUT2D eigenvalue weighted by Crippen LogP contribution is -2.31. The van der Waals surface area contributed by atoms with Crippen molar-refractivity contribution in [3.05, 3.63) is 65.7 Å². The first-order valence-electron chi connectivity index (χ1n) is 7.45. The number of benzene rings is 2. The fraction of sp³-hybridized carbons (Fsp3) is 0.222. The second-order valence-corrected chi connectivity index (χ2v) is 5.46. The molecule has 0 aliphatic heterocycles. The van der Waals surface area contributed by atoms with E-state index in [4.69, 9.17) is 0 Å². The van der Waals surface area contributed by atoms with Gasteiger partial charge in [0.2, 0.25) is 0 Å². The molecule has 120 valence electrons. The highest BCUT2D eigenvalue weighted by Crippen LogP contribution is 2.10. The highest BCUT2D eigenvalue weighted by molar-refractivity contribution is 6.06. The quantitative estimate of drug-likeness (QED) is 0.860. The Morgan fingerprint density at radius 1 is 0.913 bits per heavy atom. The van der Waals surface area contributed by atoms with Crippen molar-refractivity contribution >= 4 is 17.5 Å². The summed E-state index contributed by atoms with van der Waals surface area (Å²) in [5.74, 6) is -0.416. The second-order valence-electron chi connectivity index (χ2n) is 5.46. The number of carbonyl (C=O) groups is 2. The summed E-state index contributed by atoms with van der Waals surface area (Å²) in [7, 11) is 3.89. The van der Waals surface area contributed by atoms with Gasteiger partial charge in [0.15, 0.2) is 0 Å². The van der Waals surface area contributed by atoms with Gasteiger partial charge >= 0.3 is 0 Å². The van der Waals surface area contributed by atoms with Gasteiger partial charge in [0, 0.05) is 29.9 Å².